The number of H-pyrrole nitrogens is 1. The van der Waals surface area contributed by atoms with E-state index < -0.39 is 0 Å². The van der Waals surface area contributed by atoms with Gasteiger partial charge in [0.2, 0.25) is 0 Å². The van der Waals surface area contributed by atoms with E-state index in [0.717, 1.165) is 44.7 Å². The molecule has 0 unspecified atom stereocenters. The van der Waals surface area contributed by atoms with E-state index in [2.05, 4.69) is 15.2 Å². The monoisotopic (exact) mass is 305 g/mol. The van der Waals surface area contributed by atoms with Gasteiger partial charge in [0.25, 0.3) is 0 Å². The van der Waals surface area contributed by atoms with Gasteiger partial charge in [0, 0.05) is 21.9 Å². The average molecular weight is 305 g/mol. The van der Waals surface area contributed by atoms with Crippen molar-refractivity contribution in [3.63, 3.8) is 0 Å². The summed E-state index contributed by atoms with van der Waals surface area (Å²) in [6.45, 7) is 0. The number of aromatic nitrogens is 3. The van der Waals surface area contributed by atoms with Crippen LogP contribution in [0.25, 0.3) is 33.2 Å². The molecule has 4 rings (SSSR count). The highest BCUT2D eigenvalue weighted by Crippen LogP contribution is 2.30. The number of aromatic amines is 1. The van der Waals surface area contributed by atoms with Gasteiger partial charge in [-0.15, -0.1) is 10.2 Å². The molecule has 0 fully saturated rings. The van der Waals surface area contributed by atoms with Crippen molar-refractivity contribution in [1.29, 1.82) is 0 Å². The van der Waals surface area contributed by atoms with Crippen molar-refractivity contribution in [2.45, 2.75) is 0 Å². The first kappa shape index (κ1) is 13.6. The molecule has 0 bridgehead atoms. The Morgan fingerprint density at radius 3 is 2.26 bits per heavy atom. The third kappa shape index (κ3) is 2.26. The fourth-order valence-corrected chi connectivity index (χ4v) is 2.70. The fraction of sp³-hybridized carbons (Fsp3) is 0.111. The van der Waals surface area contributed by atoms with Gasteiger partial charge >= 0.3 is 0 Å². The Labute approximate surface area is 132 Å². The quantitative estimate of drug-likeness (QED) is 0.625. The highest BCUT2D eigenvalue weighted by atomic mass is 16.5. The molecule has 0 amide bonds. The minimum Gasteiger partial charge on any atom is -0.497 e. The lowest BCUT2D eigenvalue weighted by Gasteiger charge is -2.03. The molecular formula is C18H15N3O2. The first-order chi connectivity index (χ1) is 11.3. The number of hydrogen-bond donors (Lipinski definition) is 1. The van der Waals surface area contributed by atoms with E-state index in [1.165, 1.54) is 0 Å². The molecule has 2 heterocycles. The SMILES string of the molecule is COc1ccc(-c2cc3c(nn2)[nH]c2ccc(OC)cc23)cc1. The van der Waals surface area contributed by atoms with Crippen molar-refractivity contribution in [3.05, 3.63) is 48.5 Å². The molecular weight excluding hydrogens is 290 g/mol. The van der Waals surface area contributed by atoms with Crippen molar-refractivity contribution in [2.75, 3.05) is 14.2 Å². The number of nitrogens with zero attached hydrogens (tertiary/aromatic N) is 2. The molecule has 0 aliphatic rings. The molecule has 23 heavy (non-hydrogen) atoms. The third-order valence-electron chi connectivity index (χ3n) is 3.95. The van der Waals surface area contributed by atoms with Gasteiger partial charge in [0.1, 0.15) is 11.5 Å². The van der Waals surface area contributed by atoms with Gasteiger partial charge in [-0.3, -0.25) is 0 Å². The van der Waals surface area contributed by atoms with Gasteiger partial charge < -0.3 is 14.5 Å². The lowest BCUT2D eigenvalue weighted by molar-refractivity contribution is 0.415. The van der Waals surface area contributed by atoms with Gasteiger partial charge in [-0.05, 0) is 48.5 Å². The molecule has 0 spiro atoms. The summed E-state index contributed by atoms with van der Waals surface area (Å²) in [5.41, 5.74) is 3.61. The molecule has 2 aromatic heterocycles. The Hall–Kier alpha value is -3.08. The Morgan fingerprint density at radius 1 is 0.783 bits per heavy atom. The topological polar surface area (TPSA) is 60.0 Å². The van der Waals surface area contributed by atoms with Crippen molar-refractivity contribution in [3.8, 4) is 22.8 Å². The average Bonchev–Trinajstić information content (AvgIpc) is 2.98. The predicted octanol–water partition coefficient (Wildman–Crippen LogP) is 3.80. The van der Waals surface area contributed by atoms with Gasteiger partial charge in [0.15, 0.2) is 5.65 Å². The molecule has 1 N–H and O–H groups in total. The van der Waals surface area contributed by atoms with Crippen LogP contribution in [0.4, 0.5) is 0 Å². The molecule has 0 saturated heterocycles. The smallest absolute Gasteiger partial charge is 0.161 e. The number of fused-ring (bicyclic) bond motifs is 3. The van der Waals surface area contributed by atoms with Gasteiger partial charge in [0.05, 0.1) is 19.9 Å². The summed E-state index contributed by atoms with van der Waals surface area (Å²) in [7, 11) is 3.32. The Morgan fingerprint density at radius 2 is 1.52 bits per heavy atom. The molecule has 4 aromatic rings. The van der Waals surface area contributed by atoms with Crippen LogP contribution in [0.1, 0.15) is 0 Å². The summed E-state index contributed by atoms with van der Waals surface area (Å²) in [5.74, 6) is 1.64. The molecule has 5 heteroatoms. The molecule has 0 aliphatic carbocycles. The molecule has 0 radical (unpaired) electrons. The van der Waals surface area contributed by atoms with Crippen LogP contribution in [-0.4, -0.2) is 29.4 Å². The highest BCUT2D eigenvalue weighted by molar-refractivity contribution is 6.07. The second-order valence-electron chi connectivity index (χ2n) is 5.26. The summed E-state index contributed by atoms with van der Waals surface area (Å²) in [6.07, 6.45) is 0. The molecule has 0 atom stereocenters. The number of hydrogen-bond acceptors (Lipinski definition) is 4. The zero-order valence-corrected chi connectivity index (χ0v) is 12.8. The molecule has 0 aliphatic heterocycles. The molecule has 114 valence electrons. The first-order valence-electron chi connectivity index (χ1n) is 7.26. The van der Waals surface area contributed by atoms with Crippen molar-refractivity contribution in [2.24, 2.45) is 0 Å². The van der Waals surface area contributed by atoms with Crippen molar-refractivity contribution >= 4 is 21.9 Å². The van der Waals surface area contributed by atoms with Crippen LogP contribution in [0.15, 0.2) is 48.5 Å². The summed E-state index contributed by atoms with van der Waals surface area (Å²) in [4.78, 5) is 3.28. The van der Waals surface area contributed by atoms with E-state index in [1.54, 1.807) is 14.2 Å². The van der Waals surface area contributed by atoms with Crippen molar-refractivity contribution in [1.82, 2.24) is 15.2 Å². The van der Waals surface area contributed by atoms with Crippen LogP contribution in [0.2, 0.25) is 0 Å². The van der Waals surface area contributed by atoms with E-state index in [-0.39, 0.29) is 0 Å². The Bertz CT molecular complexity index is 990. The fourth-order valence-electron chi connectivity index (χ4n) is 2.70. The number of rotatable bonds is 3. The summed E-state index contributed by atoms with van der Waals surface area (Å²) < 4.78 is 10.5. The number of ether oxygens (including phenoxy) is 2. The van der Waals surface area contributed by atoms with Crippen LogP contribution >= 0.6 is 0 Å². The minimum absolute atomic E-state index is 0.769. The maximum atomic E-state index is 5.32. The van der Waals surface area contributed by atoms with Crippen LogP contribution in [-0.2, 0) is 0 Å². The van der Waals surface area contributed by atoms with Gasteiger partial charge in [-0.2, -0.15) is 0 Å². The molecule has 0 saturated carbocycles. The maximum Gasteiger partial charge on any atom is 0.161 e. The van der Waals surface area contributed by atoms with E-state index in [9.17, 15) is 0 Å². The second kappa shape index (κ2) is 5.28. The normalized spacial score (nSPS) is 11.0. The summed E-state index contributed by atoms with van der Waals surface area (Å²) in [5, 5.41) is 10.7. The van der Waals surface area contributed by atoms with E-state index in [0.29, 0.717) is 0 Å². The maximum absolute atomic E-state index is 5.32. The zero-order valence-electron chi connectivity index (χ0n) is 12.8. The minimum atomic E-state index is 0.769. The van der Waals surface area contributed by atoms with Gasteiger partial charge in [-0.25, -0.2) is 0 Å². The lowest BCUT2D eigenvalue weighted by Crippen LogP contribution is -1.89. The summed E-state index contributed by atoms with van der Waals surface area (Å²) in [6, 6.07) is 15.8. The van der Waals surface area contributed by atoms with E-state index in [1.807, 2.05) is 48.5 Å². The number of nitrogens with one attached hydrogen (secondary N) is 1. The van der Waals surface area contributed by atoms with Gasteiger partial charge in [-0.1, -0.05) is 0 Å². The first-order valence-corrected chi connectivity index (χ1v) is 7.26. The standard InChI is InChI=1S/C18H15N3O2/c1-22-12-5-3-11(4-6-12)17-10-15-14-9-13(23-2)7-8-16(14)19-18(15)21-20-17/h3-10H,1-2H3,(H,19,21). The van der Waals surface area contributed by atoms with Crippen LogP contribution in [0.5, 0.6) is 11.5 Å². The highest BCUT2D eigenvalue weighted by Gasteiger charge is 2.10. The Kier molecular flexibility index (Phi) is 3.12. The van der Waals surface area contributed by atoms with Crippen LogP contribution in [0, 0.1) is 0 Å². The predicted molar refractivity (Wildman–Crippen MR) is 89.9 cm³/mol. The lowest BCUT2D eigenvalue weighted by atomic mass is 10.1. The zero-order chi connectivity index (χ0) is 15.8. The van der Waals surface area contributed by atoms with Crippen molar-refractivity contribution < 1.29 is 9.47 Å². The van der Waals surface area contributed by atoms with E-state index >= 15 is 0 Å². The molecule has 5 nitrogen and oxygen atoms in total. The number of methoxy groups -OCH3 is 2. The van der Waals surface area contributed by atoms with E-state index in [4.69, 9.17) is 9.47 Å². The van der Waals surface area contributed by atoms with Crippen LogP contribution < -0.4 is 9.47 Å². The van der Waals surface area contributed by atoms with Crippen LogP contribution in [0.3, 0.4) is 0 Å². The third-order valence-corrected chi connectivity index (χ3v) is 3.95. The summed E-state index contributed by atoms with van der Waals surface area (Å²) >= 11 is 0. The molecule has 2 aromatic carbocycles. The second-order valence-corrected chi connectivity index (χ2v) is 5.26. The number of benzene rings is 2. The Balaban J connectivity index is 1.89. The largest absolute Gasteiger partial charge is 0.497 e.